The maximum Gasteiger partial charge on any atom is 0.259 e. The van der Waals surface area contributed by atoms with E-state index < -0.39 is 0 Å². The summed E-state index contributed by atoms with van der Waals surface area (Å²) in [5.41, 5.74) is 0.174. The fourth-order valence-electron chi connectivity index (χ4n) is 2.03. The summed E-state index contributed by atoms with van der Waals surface area (Å²) in [4.78, 5) is 12.6. The molecule has 1 N–H and O–H groups in total. The van der Waals surface area contributed by atoms with Crippen LogP contribution in [0, 0.1) is 0 Å². The van der Waals surface area contributed by atoms with Gasteiger partial charge in [-0.1, -0.05) is 35.8 Å². The molecule has 0 atom stereocenters. The number of carbonyl (C=O) groups is 1. The highest BCUT2D eigenvalue weighted by atomic mass is 79.9. The smallest absolute Gasteiger partial charge is 0.259 e. The van der Waals surface area contributed by atoms with Crippen LogP contribution in [0.1, 0.15) is 37.0 Å². The van der Waals surface area contributed by atoms with Gasteiger partial charge in [-0.05, 0) is 25.0 Å². The zero-order valence-corrected chi connectivity index (χ0v) is 14.0. The Morgan fingerprint density at radius 3 is 2.05 bits per heavy atom. The lowest BCUT2D eigenvalue weighted by molar-refractivity contribution is 0.0897. The molecule has 0 saturated heterocycles. The van der Waals surface area contributed by atoms with Gasteiger partial charge in [0.15, 0.2) is 0 Å². The lowest BCUT2D eigenvalue weighted by atomic mass is 9.94. The molecule has 1 aromatic rings. The maximum absolute atomic E-state index is 12.6. The first kappa shape index (κ1) is 16.8. The van der Waals surface area contributed by atoms with Crippen molar-refractivity contribution < 1.29 is 14.3 Å². The van der Waals surface area contributed by atoms with Gasteiger partial charge in [0.05, 0.1) is 14.2 Å². The van der Waals surface area contributed by atoms with Gasteiger partial charge in [0, 0.05) is 10.9 Å². The van der Waals surface area contributed by atoms with E-state index in [-0.39, 0.29) is 11.4 Å². The Balaban J connectivity index is 3.14. The highest BCUT2D eigenvalue weighted by Crippen LogP contribution is 2.29. The van der Waals surface area contributed by atoms with Gasteiger partial charge in [-0.3, -0.25) is 4.79 Å². The Hall–Kier alpha value is -1.23. The van der Waals surface area contributed by atoms with E-state index in [2.05, 4.69) is 35.1 Å². The van der Waals surface area contributed by atoms with Crippen LogP contribution in [-0.2, 0) is 0 Å². The van der Waals surface area contributed by atoms with E-state index >= 15 is 0 Å². The van der Waals surface area contributed by atoms with E-state index in [0.29, 0.717) is 22.4 Å². The predicted octanol–water partition coefficient (Wildman–Crippen LogP) is 3.39. The second kappa shape index (κ2) is 7.53. The Labute approximate surface area is 129 Å². The van der Waals surface area contributed by atoms with E-state index in [1.54, 1.807) is 32.4 Å². The fraction of sp³-hybridized carbons (Fsp3) is 0.533. The van der Waals surface area contributed by atoms with Crippen LogP contribution < -0.4 is 14.8 Å². The van der Waals surface area contributed by atoms with E-state index in [1.807, 2.05) is 0 Å². The van der Waals surface area contributed by atoms with Crippen molar-refractivity contribution in [3.05, 3.63) is 23.8 Å². The molecule has 0 heterocycles. The van der Waals surface area contributed by atoms with Crippen LogP contribution in [0.25, 0.3) is 0 Å². The molecule has 0 aliphatic carbocycles. The topological polar surface area (TPSA) is 47.6 Å². The third-order valence-corrected chi connectivity index (χ3v) is 4.72. The van der Waals surface area contributed by atoms with Gasteiger partial charge < -0.3 is 14.8 Å². The number of alkyl halides is 1. The monoisotopic (exact) mass is 343 g/mol. The molecule has 0 aliphatic rings. The van der Waals surface area contributed by atoms with E-state index in [4.69, 9.17) is 9.47 Å². The van der Waals surface area contributed by atoms with Crippen LogP contribution in [0.2, 0.25) is 0 Å². The molecule has 1 aromatic carbocycles. The number of rotatable bonds is 7. The number of carbonyl (C=O) groups excluding carboxylic acids is 1. The number of hydrogen-bond donors (Lipinski definition) is 1. The number of nitrogens with one attached hydrogen (secondary N) is 1. The summed E-state index contributed by atoms with van der Waals surface area (Å²) in [5, 5.41) is 3.80. The Morgan fingerprint density at radius 1 is 1.20 bits per heavy atom. The first-order chi connectivity index (χ1) is 9.57. The largest absolute Gasteiger partial charge is 0.496 e. The standard InChI is InChI=1S/C15H22BrNO3/c1-5-15(6-2,10-16)17-14(18)13-11(19-3)8-7-9-12(13)20-4/h7-9H,5-6,10H2,1-4H3,(H,17,18). The molecule has 4 nitrogen and oxygen atoms in total. The molecule has 0 fully saturated rings. The normalized spacial score (nSPS) is 11.1. The summed E-state index contributed by atoms with van der Waals surface area (Å²) in [6, 6.07) is 5.31. The molecule has 20 heavy (non-hydrogen) atoms. The molecular weight excluding hydrogens is 322 g/mol. The average Bonchev–Trinajstić information content (AvgIpc) is 2.51. The molecule has 0 saturated carbocycles. The molecule has 0 unspecified atom stereocenters. The highest BCUT2D eigenvalue weighted by molar-refractivity contribution is 9.09. The van der Waals surface area contributed by atoms with E-state index in [9.17, 15) is 4.79 Å². The van der Waals surface area contributed by atoms with Crippen molar-refractivity contribution in [1.82, 2.24) is 5.32 Å². The quantitative estimate of drug-likeness (QED) is 0.772. The molecule has 0 radical (unpaired) electrons. The number of halogens is 1. The SMILES string of the molecule is CCC(CC)(CBr)NC(=O)c1c(OC)cccc1OC. The lowest BCUT2D eigenvalue weighted by Crippen LogP contribution is -2.49. The summed E-state index contributed by atoms with van der Waals surface area (Å²) < 4.78 is 10.5. The average molecular weight is 344 g/mol. The van der Waals surface area contributed by atoms with Gasteiger partial charge >= 0.3 is 0 Å². The van der Waals surface area contributed by atoms with Crippen LogP contribution in [0.4, 0.5) is 0 Å². The summed E-state index contributed by atoms with van der Waals surface area (Å²) in [7, 11) is 3.09. The minimum absolute atomic E-state index is 0.178. The van der Waals surface area contributed by atoms with Crippen LogP contribution in [0.5, 0.6) is 11.5 Å². The Kier molecular flexibility index (Phi) is 6.33. The van der Waals surface area contributed by atoms with Crippen LogP contribution >= 0.6 is 15.9 Å². The van der Waals surface area contributed by atoms with Crippen molar-refractivity contribution in [2.24, 2.45) is 0 Å². The van der Waals surface area contributed by atoms with Gasteiger partial charge in [-0.15, -0.1) is 0 Å². The predicted molar refractivity (Wildman–Crippen MR) is 84.1 cm³/mol. The van der Waals surface area contributed by atoms with Crippen molar-refractivity contribution in [3.63, 3.8) is 0 Å². The minimum Gasteiger partial charge on any atom is -0.496 e. The molecule has 0 aliphatic heterocycles. The lowest BCUT2D eigenvalue weighted by Gasteiger charge is -2.31. The molecule has 1 amide bonds. The van der Waals surface area contributed by atoms with Gasteiger partial charge in [-0.25, -0.2) is 0 Å². The number of methoxy groups -OCH3 is 2. The van der Waals surface area contributed by atoms with Crippen molar-refractivity contribution >= 4 is 21.8 Å². The Bertz CT molecular complexity index is 428. The summed E-state index contributed by atoms with van der Waals surface area (Å²) in [5.74, 6) is 0.845. The van der Waals surface area contributed by atoms with Crippen LogP contribution in [-0.4, -0.2) is 31.0 Å². The van der Waals surface area contributed by atoms with Gasteiger partial charge in [0.1, 0.15) is 17.1 Å². The van der Waals surface area contributed by atoms with Crippen molar-refractivity contribution in [1.29, 1.82) is 0 Å². The fourth-order valence-corrected chi connectivity index (χ4v) is 2.96. The molecule has 0 bridgehead atoms. The van der Waals surface area contributed by atoms with Crippen LogP contribution in [0.15, 0.2) is 18.2 Å². The first-order valence-electron chi connectivity index (χ1n) is 6.67. The molecule has 5 heteroatoms. The van der Waals surface area contributed by atoms with Gasteiger partial charge in [0.2, 0.25) is 0 Å². The minimum atomic E-state index is -0.261. The number of amides is 1. The third-order valence-electron chi connectivity index (χ3n) is 3.64. The zero-order chi connectivity index (χ0) is 15.2. The molecule has 0 spiro atoms. The van der Waals surface area contributed by atoms with E-state index in [1.165, 1.54) is 0 Å². The van der Waals surface area contributed by atoms with E-state index in [0.717, 1.165) is 12.8 Å². The van der Waals surface area contributed by atoms with Gasteiger partial charge in [0.25, 0.3) is 5.91 Å². The van der Waals surface area contributed by atoms with Crippen molar-refractivity contribution in [3.8, 4) is 11.5 Å². The third kappa shape index (κ3) is 3.45. The number of ether oxygens (including phenoxy) is 2. The highest BCUT2D eigenvalue weighted by Gasteiger charge is 2.29. The van der Waals surface area contributed by atoms with Gasteiger partial charge in [-0.2, -0.15) is 0 Å². The number of hydrogen-bond acceptors (Lipinski definition) is 3. The number of benzene rings is 1. The summed E-state index contributed by atoms with van der Waals surface area (Å²) >= 11 is 3.49. The first-order valence-corrected chi connectivity index (χ1v) is 7.79. The summed E-state index contributed by atoms with van der Waals surface area (Å²) in [6.45, 7) is 4.12. The Morgan fingerprint density at radius 2 is 1.70 bits per heavy atom. The maximum atomic E-state index is 12.6. The second-order valence-corrected chi connectivity index (χ2v) is 5.17. The second-order valence-electron chi connectivity index (χ2n) is 4.61. The molecule has 1 rings (SSSR count). The molecule has 0 aromatic heterocycles. The van der Waals surface area contributed by atoms with Crippen molar-refractivity contribution in [2.75, 3.05) is 19.5 Å². The van der Waals surface area contributed by atoms with Crippen molar-refractivity contribution in [2.45, 2.75) is 32.2 Å². The summed E-state index contributed by atoms with van der Waals surface area (Å²) in [6.07, 6.45) is 1.69. The van der Waals surface area contributed by atoms with Crippen LogP contribution in [0.3, 0.4) is 0 Å². The zero-order valence-electron chi connectivity index (χ0n) is 12.5. The molecular formula is C15H22BrNO3. The molecule has 112 valence electrons.